The Labute approximate surface area is 162 Å². The third-order valence-electron chi connectivity index (χ3n) is 4.62. The second-order valence-corrected chi connectivity index (χ2v) is 6.66. The number of aliphatic imine (C=N–C) groups is 1. The molecular weight excluding hydrogens is 342 g/mol. The van der Waals surface area contributed by atoms with Gasteiger partial charge in [-0.25, -0.2) is 0 Å². The van der Waals surface area contributed by atoms with Crippen LogP contribution in [0.5, 0.6) is 5.75 Å². The smallest absolute Gasteiger partial charge is 0.216 e. The summed E-state index contributed by atoms with van der Waals surface area (Å²) in [6.45, 7) is 8.44. The van der Waals surface area contributed by atoms with Crippen molar-refractivity contribution in [2.45, 2.75) is 32.7 Å². The van der Waals surface area contributed by atoms with Crippen molar-refractivity contribution in [3.05, 3.63) is 29.8 Å². The van der Waals surface area contributed by atoms with E-state index in [0.29, 0.717) is 19.6 Å². The molecule has 7 heteroatoms. The number of rotatable bonds is 9. The van der Waals surface area contributed by atoms with Crippen LogP contribution in [0, 0.1) is 0 Å². The Hall–Kier alpha value is -2.28. The zero-order valence-corrected chi connectivity index (χ0v) is 16.8. The van der Waals surface area contributed by atoms with Crippen molar-refractivity contribution in [2.75, 3.05) is 46.4 Å². The summed E-state index contributed by atoms with van der Waals surface area (Å²) in [5.74, 6) is 1.63. The first-order valence-corrected chi connectivity index (χ1v) is 9.78. The number of methoxy groups -OCH3 is 1. The van der Waals surface area contributed by atoms with Crippen molar-refractivity contribution in [3.8, 4) is 5.75 Å². The molecule has 0 spiro atoms. The standard InChI is InChI=1S/C20H33N5O2/c1-4-21-20(23-11-10-22-16(2)26)24-15-19(25-12-5-6-13-25)17-8-7-9-18(14-17)27-3/h7-9,14,19H,4-6,10-13,15H2,1-3H3,(H,22,26)(H2,21,23,24). The van der Waals surface area contributed by atoms with Gasteiger partial charge in [0.2, 0.25) is 5.91 Å². The highest BCUT2D eigenvalue weighted by Gasteiger charge is 2.23. The summed E-state index contributed by atoms with van der Waals surface area (Å²) in [7, 11) is 1.70. The third-order valence-corrected chi connectivity index (χ3v) is 4.62. The molecule has 0 radical (unpaired) electrons. The average Bonchev–Trinajstić information content (AvgIpc) is 3.19. The fourth-order valence-electron chi connectivity index (χ4n) is 3.27. The van der Waals surface area contributed by atoms with Crippen molar-refractivity contribution in [1.29, 1.82) is 0 Å². The zero-order valence-electron chi connectivity index (χ0n) is 16.8. The largest absolute Gasteiger partial charge is 0.497 e. The van der Waals surface area contributed by atoms with Gasteiger partial charge in [-0.05, 0) is 50.6 Å². The van der Waals surface area contributed by atoms with Crippen LogP contribution in [0.25, 0.3) is 0 Å². The molecule has 1 aliphatic rings. The molecule has 1 fully saturated rings. The lowest BCUT2D eigenvalue weighted by atomic mass is 10.1. The van der Waals surface area contributed by atoms with E-state index in [0.717, 1.165) is 31.3 Å². The number of hydrogen-bond donors (Lipinski definition) is 3. The second-order valence-electron chi connectivity index (χ2n) is 6.66. The SMILES string of the molecule is CCNC(=NCC(c1cccc(OC)c1)N1CCCC1)NCCNC(C)=O. The van der Waals surface area contributed by atoms with Crippen LogP contribution in [0.4, 0.5) is 0 Å². The summed E-state index contributed by atoms with van der Waals surface area (Å²) < 4.78 is 5.40. The van der Waals surface area contributed by atoms with Crippen LogP contribution in [0.15, 0.2) is 29.3 Å². The van der Waals surface area contributed by atoms with Crippen LogP contribution < -0.4 is 20.7 Å². The first-order chi connectivity index (χ1) is 13.1. The zero-order chi connectivity index (χ0) is 19.5. The molecule has 1 aliphatic heterocycles. The minimum atomic E-state index is -0.0224. The van der Waals surface area contributed by atoms with E-state index in [1.54, 1.807) is 7.11 Å². The maximum absolute atomic E-state index is 11.0. The van der Waals surface area contributed by atoms with Gasteiger partial charge in [-0.2, -0.15) is 0 Å². The van der Waals surface area contributed by atoms with E-state index >= 15 is 0 Å². The molecule has 3 N–H and O–H groups in total. The van der Waals surface area contributed by atoms with Gasteiger partial charge < -0.3 is 20.7 Å². The number of ether oxygens (including phenoxy) is 1. The number of amides is 1. The van der Waals surface area contributed by atoms with Crippen molar-refractivity contribution in [1.82, 2.24) is 20.9 Å². The first kappa shape index (κ1) is 21.0. The summed E-state index contributed by atoms with van der Waals surface area (Å²) >= 11 is 0. The molecule has 0 aromatic heterocycles. The lowest BCUT2D eigenvalue weighted by molar-refractivity contribution is -0.118. The molecule has 2 rings (SSSR count). The van der Waals surface area contributed by atoms with Crippen LogP contribution in [0.2, 0.25) is 0 Å². The van der Waals surface area contributed by atoms with E-state index in [9.17, 15) is 4.79 Å². The van der Waals surface area contributed by atoms with Gasteiger partial charge >= 0.3 is 0 Å². The van der Waals surface area contributed by atoms with Gasteiger partial charge in [0.15, 0.2) is 5.96 Å². The molecule has 1 aromatic carbocycles. The van der Waals surface area contributed by atoms with Crippen LogP contribution >= 0.6 is 0 Å². The van der Waals surface area contributed by atoms with Gasteiger partial charge in [0, 0.05) is 26.6 Å². The highest BCUT2D eigenvalue weighted by Crippen LogP contribution is 2.27. The van der Waals surface area contributed by atoms with E-state index in [4.69, 9.17) is 9.73 Å². The quantitative estimate of drug-likeness (QED) is 0.347. The first-order valence-electron chi connectivity index (χ1n) is 9.78. The molecule has 1 unspecified atom stereocenters. The Morgan fingerprint density at radius 3 is 2.63 bits per heavy atom. The Balaban J connectivity index is 2.06. The number of nitrogens with one attached hydrogen (secondary N) is 3. The number of carbonyl (C=O) groups excluding carboxylic acids is 1. The highest BCUT2D eigenvalue weighted by molar-refractivity contribution is 5.79. The number of likely N-dealkylation sites (tertiary alicyclic amines) is 1. The van der Waals surface area contributed by atoms with E-state index in [2.05, 4.69) is 33.0 Å². The molecule has 150 valence electrons. The number of nitrogens with zero attached hydrogens (tertiary/aromatic N) is 2. The van der Waals surface area contributed by atoms with E-state index in [1.165, 1.54) is 25.3 Å². The minimum absolute atomic E-state index is 0.0224. The Kier molecular flexibility index (Phi) is 8.91. The van der Waals surface area contributed by atoms with Crippen LogP contribution in [-0.2, 0) is 4.79 Å². The molecule has 27 heavy (non-hydrogen) atoms. The van der Waals surface area contributed by atoms with Gasteiger partial charge in [0.1, 0.15) is 5.75 Å². The molecule has 0 saturated carbocycles. The van der Waals surface area contributed by atoms with E-state index < -0.39 is 0 Å². The van der Waals surface area contributed by atoms with Crippen LogP contribution in [-0.4, -0.2) is 63.1 Å². The second kappa shape index (κ2) is 11.4. The lowest BCUT2D eigenvalue weighted by Crippen LogP contribution is -2.41. The average molecular weight is 376 g/mol. The van der Waals surface area contributed by atoms with Crippen molar-refractivity contribution < 1.29 is 9.53 Å². The number of hydrogen-bond acceptors (Lipinski definition) is 4. The third kappa shape index (κ3) is 7.09. The summed E-state index contributed by atoms with van der Waals surface area (Å²) in [4.78, 5) is 18.3. The van der Waals surface area contributed by atoms with Gasteiger partial charge in [-0.1, -0.05) is 12.1 Å². The Morgan fingerprint density at radius 2 is 1.96 bits per heavy atom. The van der Waals surface area contributed by atoms with Gasteiger partial charge in [0.25, 0.3) is 0 Å². The van der Waals surface area contributed by atoms with Crippen LogP contribution in [0.1, 0.15) is 38.3 Å². The van der Waals surface area contributed by atoms with Crippen LogP contribution in [0.3, 0.4) is 0 Å². The summed E-state index contributed by atoms with van der Waals surface area (Å²) in [6.07, 6.45) is 2.47. The maximum atomic E-state index is 11.0. The van der Waals surface area contributed by atoms with E-state index in [-0.39, 0.29) is 11.9 Å². The predicted molar refractivity (Wildman–Crippen MR) is 109 cm³/mol. The predicted octanol–water partition coefficient (Wildman–Crippen LogP) is 1.52. The van der Waals surface area contributed by atoms with Gasteiger partial charge in [-0.15, -0.1) is 0 Å². The lowest BCUT2D eigenvalue weighted by Gasteiger charge is -2.27. The summed E-state index contributed by atoms with van der Waals surface area (Å²) in [5.41, 5.74) is 1.23. The summed E-state index contributed by atoms with van der Waals surface area (Å²) in [6, 6.07) is 8.50. The fourth-order valence-corrected chi connectivity index (χ4v) is 3.27. The normalized spacial score (nSPS) is 16.0. The molecular formula is C20H33N5O2. The minimum Gasteiger partial charge on any atom is -0.497 e. The van der Waals surface area contributed by atoms with E-state index in [1.807, 2.05) is 19.1 Å². The molecule has 1 atom stereocenters. The fraction of sp³-hybridized carbons (Fsp3) is 0.600. The highest BCUT2D eigenvalue weighted by atomic mass is 16.5. The van der Waals surface area contributed by atoms with Crippen molar-refractivity contribution in [2.24, 2.45) is 4.99 Å². The number of benzene rings is 1. The molecule has 7 nitrogen and oxygen atoms in total. The maximum Gasteiger partial charge on any atom is 0.216 e. The Bertz CT molecular complexity index is 614. The molecule has 1 heterocycles. The monoisotopic (exact) mass is 375 g/mol. The molecule has 0 bridgehead atoms. The number of guanidine groups is 1. The van der Waals surface area contributed by atoms with Gasteiger partial charge in [0.05, 0.1) is 19.7 Å². The molecule has 1 amide bonds. The summed E-state index contributed by atoms with van der Waals surface area (Å²) in [5, 5.41) is 9.34. The van der Waals surface area contributed by atoms with Gasteiger partial charge in [-0.3, -0.25) is 14.7 Å². The van der Waals surface area contributed by atoms with Crippen molar-refractivity contribution >= 4 is 11.9 Å². The topological polar surface area (TPSA) is 78.0 Å². The molecule has 1 saturated heterocycles. The molecule has 0 aliphatic carbocycles. The number of carbonyl (C=O) groups is 1. The van der Waals surface area contributed by atoms with Crippen molar-refractivity contribution in [3.63, 3.8) is 0 Å². The Morgan fingerprint density at radius 1 is 1.22 bits per heavy atom. The molecule has 1 aromatic rings.